The number of hydrogen-bond donors (Lipinski definition) is 1. The zero-order valence-electron chi connectivity index (χ0n) is 16.5. The van der Waals surface area contributed by atoms with E-state index in [1.807, 2.05) is 0 Å². The Morgan fingerprint density at radius 1 is 1.03 bits per heavy atom. The van der Waals surface area contributed by atoms with Crippen LogP contribution in [0.5, 0.6) is 0 Å². The van der Waals surface area contributed by atoms with Gasteiger partial charge in [0, 0.05) is 17.0 Å². The van der Waals surface area contributed by atoms with Gasteiger partial charge in [0.15, 0.2) is 12.2 Å². The first-order valence-electron chi connectivity index (χ1n) is 8.92. The molecule has 0 spiro atoms. The number of aliphatic hydroxyl groups is 1. The van der Waals surface area contributed by atoms with Crippen molar-refractivity contribution in [1.82, 2.24) is 4.57 Å². The first-order valence-corrected chi connectivity index (χ1v) is 8.92. The Hall–Kier alpha value is -2.82. The van der Waals surface area contributed by atoms with Crippen LogP contribution in [0, 0.1) is 13.8 Å². The van der Waals surface area contributed by atoms with E-state index in [0.717, 1.165) is 16.7 Å². The highest BCUT2D eigenvalue weighted by Crippen LogP contribution is 2.41. The summed E-state index contributed by atoms with van der Waals surface area (Å²) in [6.07, 6.45) is -11.2. The molecular weight excluding hydrogens is 432 g/mol. The van der Waals surface area contributed by atoms with Crippen molar-refractivity contribution in [3.63, 3.8) is 0 Å². The number of benzene rings is 1. The van der Waals surface area contributed by atoms with Crippen molar-refractivity contribution in [3.05, 3.63) is 58.9 Å². The molecule has 0 unspecified atom stereocenters. The molecule has 1 aromatic heterocycles. The quantitative estimate of drug-likeness (QED) is 0.389. The summed E-state index contributed by atoms with van der Waals surface area (Å²) in [6, 6.07) is 7.07. The summed E-state index contributed by atoms with van der Waals surface area (Å²) in [5, 5.41) is 10.1. The SMILES string of the molecule is Cc1cc(C(=O)COC(=O)C[C@@](O)(c2ccccc2)C(F)(F)F)c(C)n1CC(F)(F)F. The fourth-order valence-corrected chi connectivity index (χ4v) is 3.07. The largest absolute Gasteiger partial charge is 0.457 e. The monoisotopic (exact) mass is 451 g/mol. The maximum Gasteiger partial charge on any atom is 0.422 e. The number of aromatic nitrogens is 1. The van der Waals surface area contributed by atoms with Crippen molar-refractivity contribution in [2.24, 2.45) is 0 Å². The number of esters is 1. The fraction of sp³-hybridized carbons (Fsp3) is 0.400. The Morgan fingerprint density at radius 3 is 2.13 bits per heavy atom. The van der Waals surface area contributed by atoms with Gasteiger partial charge in [-0.3, -0.25) is 9.59 Å². The molecule has 0 saturated carbocycles. The average molecular weight is 451 g/mol. The Labute approximate surface area is 173 Å². The lowest BCUT2D eigenvalue weighted by atomic mass is 9.90. The van der Waals surface area contributed by atoms with Gasteiger partial charge >= 0.3 is 18.3 Å². The fourth-order valence-electron chi connectivity index (χ4n) is 3.07. The van der Waals surface area contributed by atoms with Crippen molar-refractivity contribution in [2.75, 3.05) is 6.61 Å². The van der Waals surface area contributed by atoms with E-state index in [2.05, 4.69) is 4.74 Å². The minimum atomic E-state index is -5.21. The molecule has 0 amide bonds. The van der Waals surface area contributed by atoms with Crippen LogP contribution in [0.4, 0.5) is 26.3 Å². The molecule has 0 radical (unpaired) electrons. The van der Waals surface area contributed by atoms with Gasteiger partial charge in [-0.1, -0.05) is 30.3 Å². The van der Waals surface area contributed by atoms with E-state index in [-0.39, 0.29) is 17.0 Å². The standard InChI is InChI=1S/C20H19F6NO4/c1-12-8-15(13(2)27(12)11-19(21,22)23)16(28)10-31-17(29)9-18(30,20(24,25)26)14-6-4-3-5-7-14/h3-8,30H,9-11H2,1-2H3/t18-/m1/s1. The number of ether oxygens (including phenoxy) is 1. The molecule has 0 saturated heterocycles. The molecule has 5 nitrogen and oxygen atoms in total. The zero-order chi connectivity index (χ0) is 23.6. The van der Waals surface area contributed by atoms with E-state index in [4.69, 9.17) is 0 Å². The van der Waals surface area contributed by atoms with Gasteiger partial charge in [0.25, 0.3) is 0 Å². The molecule has 31 heavy (non-hydrogen) atoms. The first-order chi connectivity index (χ1) is 14.2. The van der Waals surface area contributed by atoms with Crippen LogP contribution in [0.1, 0.15) is 33.7 Å². The van der Waals surface area contributed by atoms with Gasteiger partial charge in [0.2, 0.25) is 5.78 Å². The smallest absolute Gasteiger partial charge is 0.422 e. The summed E-state index contributed by atoms with van der Waals surface area (Å²) < 4.78 is 83.7. The molecule has 1 heterocycles. The van der Waals surface area contributed by atoms with Crippen LogP contribution < -0.4 is 0 Å². The van der Waals surface area contributed by atoms with Crippen molar-refractivity contribution in [2.45, 2.75) is 44.8 Å². The maximum atomic E-state index is 13.4. The van der Waals surface area contributed by atoms with Crippen LogP contribution in [0.2, 0.25) is 0 Å². The van der Waals surface area contributed by atoms with Crippen LogP contribution in [0.25, 0.3) is 0 Å². The van der Waals surface area contributed by atoms with Crippen LogP contribution >= 0.6 is 0 Å². The van der Waals surface area contributed by atoms with Crippen LogP contribution in [-0.2, 0) is 21.7 Å². The lowest BCUT2D eigenvalue weighted by molar-refractivity contribution is -0.269. The Morgan fingerprint density at radius 2 is 1.61 bits per heavy atom. The highest BCUT2D eigenvalue weighted by atomic mass is 19.4. The summed E-state index contributed by atoms with van der Waals surface area (Å²) in [6.45, 7) is 0.307. The van der Waals surface area contributed by atoms with E-state index >= 15 is 0 Å². The molecule has 1 aromatic carbocycles. The maximum absolute atomic E-state index is 13.4. The van der Waals surface area contributed by atoms with E-state index < -0.39 is 54.8 Å². The minimum Gasteiger partial charge on any atom is -0.457 e. The van der Waals surface area contributed by atoms with Gasteiger partial charge in [-0.15, -0.1) is 0 Å². The normalized spacial score (nSPS) is 14.2. The van der Waals surface area contributed by atoms with Crippen LogP contribution in [0.15, 0.2) is 36.4 Å². The lowest BCUT2D eigenvalue weighted by Gasteiger charge is -2.30. The molecule has 2 rings (SSSR count). The van der Waals surface area contributed by atoms with E-state index in [1.165, 1.54) is 38.1 Å². The van der Waals surface area contributed by atoms with Crippen molar-refractivity contribution in [1.29, 1.82) is 0 Å². The molecule has 0 aliphatic rings. The van der Waals surface area contributed by atoms with Crippen molar-refractivity contribution < 1.29 is 45.8 Å². The number of hydrogen-bond acceptors (Lipinski definition) is 4. The number of halogens is 6. The zero-order valence-corrected chi connectivity index (χ0v) is 16.5. The number of Topliss-reactive ketones (excluding diaryl/α,β-unsaturated/α-hetero) is 1. The molecule has 1 atom stereocenters. The highest BCUT2D eigenvalue weighted by Gasteiger charge is 2.56. The first kappa shape index (κ1) is 24.4. The molecule has 0 fully saturated rings. The van der Waals surface area contributed by atoms with Gasteiger partial charge in [-0.05, 0) is 25.5 Å². The Balaban J connectivity index is 2.12. The molecule has 1 N–H and O–H groups in total. The van der Waals surface area contributed by atoms with Gasteiger partial charge in [-0.25, -0.2) is 0 Å². The second kappa shape index (κ2) is 8.74. The topological polar surface area (TPSA) is 68.5 Å². The minimum absolute atomic E-state index is 0.0213. The van der Waals surface area contributed by atoms with E-state index in [9.17, 15) is 41.0 Å². The summed E-state index contributed by atoms with van der Waals surface area (Å²) in [4.78, 5) is 24.2. The van der Waals surface area contributed by atoms with Gasteiger partial charge < -0.3 is 14.4 Å². The molecule has 0 bridgehead atoms. The third kappa shape index (κ3) is 5.66. The summed E-state index contributed by atoms with van der Waals surface area (Å²) in [5.74, 6) is -2.38. The van der Waals surface area contributed by atoms with Gasteiger partial charge in [-0.2, -0.15) is 26.3 Å². The van der Waals surface area contributed by atoms with Gasteiger partial charge in [0.05, 0.1) is 6.42 Å². The van der Waals surface area contributed by atoms with E-state index in [0.29, 0.717) is 0 Å². The number of carbonyl (C=O) groups excluding carboxylic acids is 2. The molecule has 2 aromatic rings. The number of rotatable bonds is 7. The predicted molar refractivity (Wildman–Crippen MR) is 96.3 cm³/mol. The highest BCUT2D eigenvalue weighted by molar-refractivity contribution is 5.99. The second-order valence-corrected chi connectivity index (χ2v) is 6.97. The Bertz CT molecular complexity index is 949. The number of ketones is 1. The number of alkyl halides is 6. The molecule has 170 valence electrons. The summed E-state index contributed by atoms with van der Waals surface area (Å²) in [7, 11) is 0. The molecule has 0 aliphatic heterocycles. The van der Waals surface area contributed by atoms with Gasteiger partial charge in [0.1, 0.15) is 6.54 Å². The lowest BCUT2D eigenvalue weighted by Crippen LogP contribution is -2.44. The average Bonchev–Trinajstić information content (AvgIpc) is 2.93. The number of aryl methyl sites for hydroxylation is 1. The van der Waals surface area contributed by atoms with Crippen LogP contribution in [0.3, 0.4) is 0 Å². The van der Waals surface area contributed by atoms with Crippen LogP contribution in [-0.4, -0.2) is 40.4 Å². The van der Waals surface area contributed by atoms with Crippen molar-refractivity contribution >= 4 is 11.8 Å². The third-order valence-electron chi connectivity index (χ3n) is 4.70. The third-order valence-corrected chi connectivity index (χ3v) is 4.70. The number of nitrogens with zero attached hydrogens (tertiary/aromatic N) is 1. The molecule has 0 aliphatic carbocycles. The second-order valence-electron chi connectivity index (χ2n) is 6.97. The summed E-state index contributed by atoms with van der Waals surface area (Å²) in [5.41, 5.74) is -4.14. The van der Waals surface area contributed by atoms with Crippen molar-refractivity contribution in [3.8, 4) is 0 Å². The number of carbonyl (C=O) groups is 2. The molecule has 11 heteroatoms. The van der Waals surface area contributed by atoms with E-state index in [1.54, 1.807) is 0 Å². The Kier molecular flexibility index (Phi) is 6.89. The molecular formula is C20H19F6NO4. The predicted octanol–water partition coefficient (Wildman–Crippen LogP) is 4.23. The summed E-state index contributed by atoms with van der Waals surface area (Å²) >= 11 is 0.